The Morgan fingerprint density at radius 1 is 1.38 bits per heavy atom. The number of hydrogen-bond acceptors (Lipinski definition) is 6. The highest BCUT2D eigenvalue weighted by molar-refractivity contribution is 8.01. The van der Waals surface area contributed by atoms with E-state index < -0.39 is 6.10 Å². The molecule has 0 bridgehead atoms. The topological polar surface area (TPSA) is 71.0 Å². The van der Waals surface area contributed by atoms with Crippen LogP contribution in [0.5, 0.6) is 5.75 Å². The summed E-state index contributed by atoms with van der Waals surface area (Å²) in [6.07, 6.45) is 1.33. The molecule has 3 aromatic rings. The normalized spacial score (nSPS) is 12.7. The molecule has 3 rings (SSSR count). The lowest BCUT2D eigenvalue weighted by Gasteiger charge is -2.12. The van der Waals surface area contributed by atoms with Gasteiger partial charge in [-0.2, -0.15) is 0 Å². The number of ether oxygens (including phenoxy) is 1. The monoisotopic (exact) mass is 321 g/mol. The van der Waals surface area contributed by atoms with Crippen molar-refractivity contribution in [3.8, 4) is 5.75 Å². The van der Waals surface area contributed by atoms with Gasteiger partial charge in [0.1, 0.15) is 17.4 Å². The van der Waals surface area contributed by atoms with Crippen molar-refractivity contribution < 1.29 is 9.84 Å². The Morgan fingerprint density at radius 3 is 3.10 bits per heavy atom. The fourth-order valence-corrected chi connectivity index (χ4v) is 3.67. The van der Waals surface area contributed by atoms with Gasteiger partial charge < -0.3 is 14.8 Å². The molecular weight excluding hydrogens is 306 g/mol. The fraction of sp³-hybridized carbons (Fsp3) is 0.286. The van der Waals surface area contributed by atoms with Gasteiger partial charge in [0.2, 0.25) is 0 Å². The summed E-state index contributed by atoms with van der Waals surface area (Å²) in [5.74, 6) is 1.32. The van der Waals surface area contributed by atoms with Crippen molar-refractivity contribution in [2.24, 2.45) is 0 Å². The molecule has 0 aliphatic rings. The summed E-state index contributed by atoms with van der Waals surface area (Å²) in [5.41, 5.74) is 1.03. The number of aromatic amines is 1. The van der Waals surface area contributed by atoms with Gasteiger partial charge in [-0.1, -0.05) is 29.2 Å². The lowest BCUT2D eigenvalue weighted by atomic mass is 10.2. The Hall–Kier alpha value is -1.57. The van der Waals surface area contributed by atoms with Crippen LogP contribution in [0.25, 0.3) is 10.9 Å². The molecule has 0 spiro atoms. The standard InChI is InChI=1S/C14H15N3O2S2/c1-9-16-17-14(21-9)20-8-10(18)7-19-13-4-2-3-12-11(13)5-6-15-12/h2-6,10,15,18H,7-8H2,1H3/t10-/m1/s1. The van der Waals surface area contributed by atoms with Crippen LogP contribution in [-0.2, 0) is 0 Å². The smallest absolute Gasteiger partial charge is 0.174 e. The maximum Gasteiger partial charge on any atom is 0.174 e. The molecule has 1 aromatic carbocycles. The van der Waals surface area contributed by atoms with Crippen LogP contribution in [0, 0.1) is 6.92 Å². The van der Waals surface area contributed by atoms with Gasteiger partial charge in [0.05, 0.1) is 6.10 Å². The zero-order valence-corrected chi connectivity index (χ0v) is 13.1. The van der Waals surface area contributed by atoms with Crippen LogP contribution in [0.1, 0.15) is 5.01 Å². The highest BCUT2D eigenvalue weighted by Crippen LogP contribution is 2.25. The maximum absolute atomic E-state index is 10.0. The third kappa shape index (κ3) is 3.55. The largest absolute Gasteiger partial charge is 0.490 e. The van der Waals surface area contributed by atoms with Gasteiger partial charge in [0.15, 0.2) is 4.34 Å². The molecule has 2 N–H and O–H groups in total. The lowest BCUT2D eigenvalue weighted by molar-refractivity contribution is 0.127. The minimum Gasteiger partial charge on any atom is -0.490 e. The maximum atomic E-state index is 10.0. The zero-order chi connectivity index (χ0) is 14.7. The van der Waals surface area contributed by atoms with E-state index in [9.17, 15) is 5.11 Å². The predicted octanol–water partition coefficient (Wildman–Crippen LogP) is 2.86. The third-order valence-corrected chi connectivity index (χ3v) is 5.01. The van der Waals surface area contributed by atoms with E-state index in [1.54, 1.807) is 0 Å². The molecule has 21 heavy (non-hydrogen) atoms. The molecule has 110 valence electrons. The summed E-state index contributed by atoms with van der Waals surface area (Å²) >= 11 is 3.03. The van der Waals surface area contributed by atoms with Crippen LogP contribution in [0.4, 0.5) is 0 Å². The molecule has 5 nitrogen and oxygen atoms in total. The summed E-state index contributed by atoms with van der Waals surface area (Å²) in [6.45, 7) is 2.17. The molecule has 0 aliphatic heterocycles. The first-order valence-electron chi connectivity index (χ1n) is 6.52. The average Bonchev–Trinajstić information content (AvgIpc) is 3.11. The summed E-state index contributed by atoms with van der Waals surface area (Å²) < 4.78 is 6.59. The number of aliphatic hydroxyl groups excluding tert-OH is 1. The quantitative estimate of drug-likeness (QED) is 0.683. The van der Waals surface area contributed by atoms with E-state index >= 15 is 0 Å². The summed E-state index contributed by atoms with van der Waals surface area (Å²) in [4.78, 5) is 3.14. The van der Waals surface area contributed by atoms with Crippen molar-refractivity contribution in [3.63, 3.8) is 0 Å². The highest BCUT2D eigenvalue weighted by atomic mass is 32.2. The van der Waals surface area contributed by atoms with Crippen molar-refractivity contribution in [2.75, 3.05) is 12.4 Å². The Kier molecular flexibility index (Phi) is 4.42. The number of nitrogens with one attached hydrogen (secondary N) is 1. The van der Waals surface area contributed by atoms with Crippen LogP contribution in [0.3, 0.4) is 0 Å². The molecule has 0 saturated carbocycles. The van der Waals surface area contributed by atoms with Crippen molar-refractivity contribution in [1.82, 2.24) is 15.2 Å². The molecule has 2 heterocycles. The van der Waals surface area contributed by atoms with Crippen LogP contribution in [0.15, 0.2) is 34.8 Å². The van der Waals surface area contributed by atoms with E-state index in [-0.39, 0.29) is 6.61 Å². The zero-order valence-electron chi connectivity index (χ0n) is 11.4. The third-order valence-electron chi connectivity index (χ3n) is 2.89. The minimum atomic E-state index is -0.548. The number of fused-ring (bicyclic) bond motifs is 1. The van der Waals surface area contributed by atoms with Crippen molar-refractivity contribution in [3.05, 3.63) is 35.5 Å². The highest BCUT2D eigenvalue weighted by Gasteiger charge is 2.10. The second-order valence-electron chi connectivity index (χ2n) is 4.56. The van der Waals surface area contributed by atoms with Gasteiger partial charge >= 0.3 is 0 Å². The molecule has 0 fully saturated rings. The number of aliphatic hydroxyl groups is 1. The number of aryl methyl sites for hydroxylation is 1. The Labute approximate surface area is 130 Å². The molecule has 1 atom stereocenters. The van der Waals surface area contributed by atoms with Gasteiger partial charge in [0.25, 0.3) is 0 Å². The first-order valence-corrected chi connectivity index (χ1v) is 8.32. The number of hydrogen-bond donors (Lipinski definition) is 2. The number of H-pyrrole nitrogens is 1. The van der Waals surface area contributed by atoms with Gasteiger partial charge in [-0.25, -0.2) is 0 Å². The number of thioether (sulfide) groups is 1. The molecule has 0 radical (unpaired) electrons. The molecule has 0 unspecified atom stereocenters. The van der Waals surface area contributed by atoms with E-state index in [1.807, 2.05) is 37.4 Å². The molecule has 0 saturated heterocycles. The number of benzene rings is 1. The number of rotatable bonds is 6. The minimum absolute atomic E-state index is 0.259. The summed E-state index contributed by atoms with van der Waals surface area (Å²) in [5, 5.41) is 19.9. The van der Waals surface area contributed by atoms with E-state index in [2.05, 4.69) is 15.2 Å². The molecule has 2 aromatic heterocycles. The Bertz CT molecular complexity index is 726. The summed E-state index contributed by atoms with van der Waals surface area (Å²) in [6, 6.07) is 7.80. The summed E-state index contributed by atoms with van der Waals surface area (Å²) in [7, 11) is 0. The van der Waals surface area contributed by atoms with Gasteiger partial charge in [-0.3, -0.25) is 0 Å². The molecule has 0 amide bonds. The first kappa shape index (κ1) is 14.4. The van der Waals surface area contributed by atoms with Crippen LogP contribution in [0.2, 0.25) is 0 Å². The van der Waals surface area contributed by atoms with Gasteiger partial charge in [-0.15, -0.1) is 10.2 Å². The first-order chi connectivity index (χ1) is 10.2. The molecule has 7 heteroatoms. The molecular formula is C14H15N3O2S2. The van der Waals surface area contributed by atoms with E-state index in [4.69, 9.17) is 4.74 Å². The SMILES string of the molecule is Cc1nnc(SC[C@H](O)COc2cccc3[nH]ccc23)s1. The van der Waals surface area contributed by atoms with Crippen molar-refractivity contribution in [1.29, 1.82) is 0 Å². The van der Waals surface area contributed by atoms with E-state index in [0.717, 1.165) is 26.0 Å². The number of aromatic nitrogens is 3. The van der Waals surface area contributed by atoms with E-state index in [1.165, 1.54) is 23.1 Å². The second-order valence-corrected chi connectivity index (χ2v) is 7.01. The van der Waals surface area contributed by atoms with Crippen molar-refractivity contribution >= 4 is 34.0 Å². The predicted molar refractivity (Wildman–Crippen MR) is 85.2 cm³/mol. The molecule has 0 aliphatic carbocycles. The lowest BCUT2D eigenvalue weighted by Crippen LogP contribution is -2.20. The van der Waals surface area contributed by atoms with Crippen LogP contribution in [-0.4, -0.2) is 38.8 Å². The number of nitrogens with zero attached hydrogens (tertiary/aromatic N) is 2. The van der Waals surface area contributed by atoms with Gasteiger partial charge in [0, 0.05) is 22.9 Å². The Morgan fingerprint density at radius 2 is 2.29 bits per heavy atom. The fourth-order valence-electron chi connectivity index (χ4n) is 1.92. The van der Waals surface area contributed by atoms with Crippen LogP contribution < -0.4 is 4.74 Å². The second kappa shape index (κ2) is 6.46. The Balaban J connectivity index is 1.53. The van der Waals surface area contributed by atoms with Crippen molar-refractivity contribution in [2.45, 2.75) is 17.4 Å². The van der Waals surface area contributed by atoms with Crippen LogP contribution >= 0.6 is 23.1 Å². The average molecular weight is 321 g/mol. The van der Waals surface area contributed by atoms with E-state index in [0.29, 0.717) is 5.75 Å². The van der Waals surface area contributed by atoms with Gasteiger partial charge in [-0.05, 0) is 25.1 Å².